The lowest BCUT2D eigenvalue weighted by atomic mass is 10.1. The molecule has 2 rings (SSSR count). The highest BCUT2D eigenvalue weighted by molar-refractivity contribution is 7.80. The van der Waals surface area contributed by atoms with Crippen molar-refractivity contribution < 1.29 is 4.52 Å². The molecule has 0 amide bonds. The molecular formula is C12H13N3OS. The van der Waals surface area contributed by atoms with Gasteiger partial charge in [-0.1, -0.05) is 35.0 Å². The zero-order valence-corrected chi connectivity index (χ0v) is 10.3. The van der Waals surface area contributed by atoms with Gasteiger partial charge in [0.25, 0.3) is 0 Å². The Morgan fingerprint density at radius 1 is 1.29 bits per heavy atom. The summed E-state index contributed by atoms with van der Waals surface area (Å²) in [6.07, 6.45) is 1.49. The van der Waals surface area contributed by atoms with Crippen LogP contribution in [-0.2, 0) is 6.54 Å². The quantitative estimate of drug-likeness (QED) is 0.816. The van der Waals surface area contributed by atoms with Gasteiger partial charge in [-0.3, -0.25) is 0 Å². The molecule has 1 aromatic heterocycles. The van der Waals surface area contributed by atoms with Gasteiger partial charge in [-0.25, -0.2) is 0 Å². The van der Waals surface area contributed by atoms with E-state index in [1.807, 2.05) is 0 Å². The van der Waals surface area contributed by atoms with E-state index in [2.05, 4.69) is 47.0 Å². The number of rotatable bonds is 3. The van der Waals surface area contributed by atoms with Gasteiger partial charge in [0.05, 0.1) is 0 Å². The van der Waals surface area contributed by atoms with E-state index in [-0.39, 0.29) is 0 Å². The zero-order chi connectivity index (χ0) is 12.1. The maximum atomic E-state index is 5.12. The third-order valence-corrected chi connectivity index (χ3v) is 2.50. The summed E-state index contributed by atoms with van der Waals surface area (Å²) < 4.78 is 4.69. The predicted molar refractivity (Wildman–Crippen MR) is 70.7 cm³/mol. The monoisotopic (exact) mass is 247 g/mol. The summed E-state index contributed by atoms with van der Waals surface area (Å²) in [4.78, 5) is 0. The second-order valence-corrected chi connectivity index (χ2v) is 4.09. The lowest BCUT2D eigenvalue weighted by Crippen LogP contribution is -2.27. The molecule has 5 heteroatoms. The number of nitrogens with zero attached hydrogens (tertiary/aromatic N) is 1. The van der Waals surface area contributed by atoms with Crippen LogP contribution >= 0.6 is 12.2 Å². The first-order valence-corrected chi connectivity index (χ1v) is 5.65. The first-order chi connectivity index (χ1) is 8.24. The van der Waals surface area contributed by atoms with Gasteiger partial charge >= 0.3 is 0 Å². The Morgan fingerprint density at radius 2 is 2.06 bits per heavy atom. The normalized spacial score (nSPS) is 9.94. The van der Waals surface area contributed by atoms with Crippen molar-refractivity contribution in [1.82, 2.24) is 10.5 Å². The van der Waals surface area contributed by atoms with Gasteiger partial charge in [-0.2, -0.15) is 0 Å². The number of aryl methyl sites for hydroxylation is 1. The van der Waals surface area contributed by atoms with E-state index in [1.54, 1.807) is 6.07 Å². The van der Waals surface area contributed by atoms with E-state index >= 15 is 0 Å². The number of thiocarbonyl (C=S) groups is 1. The van der Waals surface area contributed by atoms with Crippen molar-refractivity contribution in [1.29, 1.82) is 0 Å². The van der Waals surface area contributed by atoms with Gasteiger partial charge in [0.1, 0.15) is 6.26 Å². The van der Waals surface area contributed by atoms with E-state index < -0.39 is 0 Å². The molecule has 0 fully saturated rings. The van der Waals surface area contributed by atoms with Crippen LogP contribution in [0.2, 0.25) is 0 Å². The number of aromatic nitrogens is 1. The Hall–Kier alpha value is -1.88. The fourth-order valence-corrected chi connectivity index (χ4v) is 1.50. The summed E-state index contributed by atoms with van der Waals surface area (Å²) in [5.41, 5.74) is 2.43. The van der Waals surface area contributed by atoms with Gasteiger partial charge in [0, 0.05) is 12.6 Å². The minimum atomic E-state index is 0.527. The molecule has 0 spiro atoms. The number of nitrogens with one attached hydrogen (secondary N) is 2. The molecule has 4 nitrogen and oxygen atoms in total. The van der Waals surface area contributed by atoms with Crippen LogP contribution in [0, 0.1) is 6.92 Å². The average molecular weight is 247 g/mol. The molecule has 0 saturated heterocycles. The van der Waals surface area contributed by atoms with E-state index in [9.17, 15) is 0 Å². The standard InChI is InChI=1S/C12H13N3OS/c1-9-2-4-10(5-3-9)8-13-12(17)14-11-6-7-16-15-11/h2-7H,8H2,1H3,(H2,13,14,15,17). The Kier molecular flexibility index (Phi) is 3.72. The van der Waals surface area contributed by atoms with Crippen molar-refractivity contribution in [2.45, 2.75) is 13.5 Å². The summed E-state index contributed by atoms with van der Waals surface area (Å²) in [7, 11) is 0. The van der Waals surface area contributed by atoms with Gasteiger partial charge < -0.3 is 15.2 Å². The molecule has 0 radical (unpaired) electrons. The Bertz CT molecular complexity index is 479. The molecule has 0 unspecified atom stereocenters. The lowest BCUT2D eigenvalue weighted by Gasteiger charge is -2.08. The van der Waals surface area contributed by atoms with Crippen LogP contribution in [0.3, 0.4) is 0 Å². The molecule has 2 N–H and O–H groups in total. The third kappa shape index (κ3) is 3.57. The first-order valence-electron chi connectivity index (χ1n) is 5.25. The van der Waals surface area contributed by atoms with Gasteiger partial charge in [-0.15, -0.1) is 0 Å². The molecular weight excluding hydrogens is 234 g/mol. The topological polar surface area (TPSA) is 50.1 Å². The first kappa shape index (κ1) is 11.6. The highest BCUT2D eigenvalue weighted by Gasteiger charge is 1.99. The minimum Gasteiger partial charge on any atom is -0.363 e. The van der Waals surface area contributed by atoms with Crippen molar-refractivity contribution in [3.8, 4) is 0 Å². The highest BCUT2D eigenvalue weighted by atomic mass is 32.1. The van der Waals surface area contributed by atoms with Crippen molar-refractivity contribution in [3.63, 3.8) is 0 Å². The summed E-state index contributed by atoms with van der Waals surface area (Å²) in [5, 5.41) is 10.3. The molecule has 0 aliphatic heterocycles. The van der Waals surface area contributed by atoms with Crippen LogP contribution in [0.15, 0.2) is 41.1 Å². The molecule has 1 aromatic carbocycles. The lowest BCUT2D eigenvalue weighted by molar-refractivity contribution is 0.423. The fourth-order valence-electron chi connectivity index (χ4n) is 1.33. The maximum absolute atomic E-state index is 5.12. The van der Waals surface area contributed by atoms with Gasteiger partial charge in [-0.05, 0) is 24.7 Å². The average Bonchev–Trinajstić information content (AvgIpc) is 2.81. The molecule has 0 atom stereocenters. The largest absolute Gasteiger partial charge is 0.363 e. The molecule has 0 saturated carbocycles. The van der Waals surface area contributed by atoms with Crippen LogP contribution < -0.4 is 10.6 Å². The maximum Gasteiger partial charge on any atom is 0.175 e. The zero-order valence-electron chi connectivity index (χ0n) is 9.43. The minimum absolute atomic E-state index is 0.527. The van der Waals surface area contributed by atoms with Crippen molar-refractivity contribution in [2.75, 3.05) is 5.32 Å². The summed E-state index contributed by atoms with van der Waals surface area (Å²) >= 11 is 5.12. The van der Waals surface area contributed by atoms with Crippen LogP contribution in [0.25, 0.3) is 0 Å². The number of hydrogen-bond donors (Lipinski definition) is 2. The van der Waals surface area contributed by atoms with Crippen LogP contribution in [-0.4, -0.2) is 10.3 Å². The van der Waals surface area contributed by atoms with E-state index in [4.69, 9.17) is 16.7 Å². The smallest absolute Gasteiger partial charge is 0.175 e. The Labute approximate surface area is 105 Å². The van der Waals surface area contributed by atoms with Crippen LogP contribution in [0.1, 0.15) is 11.1 Å². The number of benzene rings is 1. The second kappa shape index (κ2) is 5.45. The second-order valence-electron chi connectivity index (χ2n) is 3.68. The summed E-state index contributed by atoms with van der Waals surface area (Å²) in [6.45, 7) is 2.75. The molecule has 0 aliphatic rings. The van der Waals surface area contributed by atoms with Crippen molar-refractivity contribution >= 4 is 23.1 Å². The van der Waals surface area contributed by atoms with E-state index in [0.717, 1.165) is 0 Å². The number of hydrogen-bond acceptors (Lipinski definition) is 3. The van der Waals surface area contributed by atoms with Crippen LogP contribution in [0.5, 0.6) is 0 Å². The van der Waals surface area contributed by atoms with Crippen LogP contribution in [0.4, 0.5) is 5.82 Å². The Balaban J connectivity index is 1.82. The molecule has 88 valence electrons. The molecule has 1 heterocycles. The highest BCUT2D eigenvalue weighted by Crippen LogP contribution is 2.03. The van der Waals surface area contributed by atoms with Gasteiger partial charge in [0.2, 0.25) is 0 Å². The molecule has 17 heavy (non-hydrogen) atoms. The SMILES string of the molecule is Cc1ccc(CNC(=S)Nc2ccon2)cc1. The predicted octanol–water partition coefficient (Wildman–Crippen LogP) is 2.47. The molecule has 0 aliphatic carbocycles. The van der Waals surface area contributed by atoms with E-state index in [1.165, 1.54) is 17.4 Å². The Morgan fingerprint density at radius 3 is 2.71 bits per heavy atom. The van der Waals surface area contributed by atoms with Crippen molar-refractivity contribution in [2.24, 2.45) is 0 Å². The third-order valence-electron chi connectivity index (χ3n) is 2.25. The van der Waals surface area contributed by atoms with Crippen molar-refractivity contribution in [3.05, 3.63) is 47.7 Å². The summed E-state index contributed by atoms with van der Waals surface area (Å²) in [6, 6.07) is 10.00. The number of anilines is 1. The molecule has 2 aromatic rings. The molecule has 0 bridgehead atoms. The summed E-state index contributed by atoms with van der Waals surface area (Å²) in [5.74, 6) is 0.603. The fraction of sp³-hybridized carbons (Fsp3) is 0.167. The van der Waals surface area contributed by atoms with Gasteiger partial charge in [0.15, 0.2) is 10.9 Å². The van der Waals surface area contributed by atoms with E-state index in [0.29, 0.717) is 17.5 Å².